The number of carbonyl (C=O) groups is 1. The van der Waals surface area contributed by atoms with Crippen LogP contribution in [0.25, 0.3) is 5.69 Å². The second kappa shape index (κ2) is 4.61. The van der Waals surface area contributed by atoms with Gasteiger partial charge in [0.2, 0.25) is 0 Å². The minimum atomic E-state index is -1.04. The highest BCUT2D eigenvalue weighted by Crippen LogP contribution is 2.42. The van der Waals surface area contributed by atoms with Crippen LogP contribution in [0.15, 0.2) is 22.7 Å². The molecule has 1 fully saturated rings. The number of benzene rings is 1. The average molecular weight is 343 g/mol. The van der Waals surface area contributed by atoms with Crippen molar-refractivity contribution in [2.75, 3.05) is 0 Å². The number of aromatic carboxylic acids is 1. The minimum Gasteiger partial charge on any atom is -0.476 e. The Morgan fingerprint density at radius 3 is 2.79 bits per heavy atom. The quantitative estimate of drug-likeness (QED) is 0.929. The van der Waals surface area contributed by atoms with E-state index >= 15 is 0 Å². The highest BCUT2D eigenvalue weighted by molar-refractivity contribution is 9.10. The molecule has 0 saturated heterocycles. The summed E-state index contributed by atoms with van der Waals surface area (Å²) < 4.78 is 2.34. The van der Waals surface area contributed by atoms with Crippen molar-refractivity contribution < 1.29 is 9.90 Å². The maximum absolute atomic E-state index is 11.2. The van der Waals surface area contributed by atoms with Crippen molar-refractivity contribution in [3.8, 4) is 5.69 Å². The molecular weight excluding hydrogens is 334 g/mol. The Kier molecular flexibility index (Phi) is 3.06. The summed E-state index contributed by atoms with van der Waals surface area (Å²) in [5.74, 6) is -0.818. The number of halogens is 2. The van der Waals surface area contributed by atoms with Crippen LogP contribution in [0.2, 0.25) is 5.02 Å². The highest BCUT2D eigenvalue weighted by Gasteiger charge is 2.34. The van der Waals surface area contributed by atoms with Crippen molar-refractivity contribution in [3.05, 3.63) is 39.1 Å². The van der Waals surface area contributed by atoms with Gasteiger partial charge < -0.3 is 5.11 Å². The summed E-state index contributed by atoms with van der Waals surface area (Å²) in [7, 11) is 0. The lowest BCUT2D eigenvalue weighted by Crippen LogP contribution is -2.06. The van der Waals surface area contributed by atoms with E-state index in [4.69, 9.17) is 16.7 Å². The summed E-state index contributed by atoms with van der Waals surface area (Å²) in [5, 5.41) is 17.5. The molecule has 2 aromatic rings. The maximum Gasteiger partial charge on any atom is 0.358 e. The molecule has 0 amide bonds. The summed E-state index contributed by atoms with van der Waals surface area (Å²) in [5.41, 5.74) is 1.44. The van der Waals surface area contributed by atoms with Gasteiger partial charge in [0.1, 0.15) is 0 Å². The van der Waals surface area contributed by atoms with Crippen molar-refractivity contribution >= 4 is 33.5 Å². The zero-order valence-corrected chi connectivity index (χ0v) is 12.0. The Hall–Kier alpha value is -1.40. The zero-order valence-electron chi connectivity index (χ0n) is 9.68. The smallest absolute Gasteiger partial charge is 0.358 e. The van der Waals surface area contributed by atoms with Crippen molar-refractivity contribution in [1.82, 2.24) is 15.0 Å². The van der Waals surface area contributed by atoms with E-state index in [-0.39, 0.29) is 11.6 Å². The van der Waals surface area contributed by atoms with Crippen molar-refractivity contribution in [2.24, 2.45) is 0 Å². The predicted molar refractivity (Wildman–Crippen MR) is 73.0 cm³/mol. The van der Waals surface area contributed by atoms with Crippen LogP contribution in [-0.2, 0) is 0 Å². The average Bonchev–Trinajstić information content (AvgIpc) is 3.08. The van der Waals surface area contributed by atoms with Gasteiger partial charge in [-0.3, -0.25) is 0 Å². The third kappa shape index (κ3) is 2.26. The summed E-state index contributed by atoms with van der Waals surface area (Å²) in [6.45, 7) is 0. The summed E-state index contributed by atoms with van der Waals surface area (Å²) in [6.07, 6.45) is 1.94. The molecule has 1 saturated carbocycles. The minimum absolute atomic E-state index is 0.0318. The number of nitrogens with zero attached hydrogens (tertiary/aromatic N) is 3. The molecule has 1 aliphatic rings. The number of hydrogen-bond acceptors (Lipinski definition) is 3. The topological polar surface area (TPSA) is 68.0 Å². The van der Waals surface area contributed by atoms with E-state index in [0.29, 0.717) is 10.7 Å². The molecule has 1 N–H and O–H groups in total. The third-order valence-corrected chi connectivity index (χ3v) is 3.88. The molecule has 98 valence electrons. The van der Waals surface area contributed by atoms with Gasteiger partial charge in [-0.15, -0.1) is 5.10 Å². The van der Waals surface area contributed by atoms with E-state index in [0.717, 1.165) is 23.0 Å². The first-order valence-electron chi connectivity index (χ1n) is 5.72. The molecule has 5 nitrogen and oxygen atoms in total. The lowest BCUT2D eigenvalue weighted by atomic mass is 10.2. The molecule has 0 aliphatic heterocycles. The van der Waals surface area contributed by atoms with Crippen LogP contribution in [0.4, 0.5) is 0 Å². The highest BCUT2D eigenvalue weighted by atomic mass is 79.9. The third-order valence-electron chi connectivity index (χ3n) is 3.01. The van der Waals surface area contributed by atoms with Crippen LogP contribution in [-0.4, -0.2) is 26.1 Å². The van der Waals surface area contributed by atoms with Gasteiger partial charge in [0.25, 0.3) is 0 Å². The van der Waals surface area contributed by atoms with Gasteiger partial charge in [0.05, 0.1) is 11.4 Å². The second-order valence-electron chi connectivity index (χ2n) is 4.41. The second-order valence-corrected chi connectivity index (χ2v) is 5.70. The molecule has 1 heterocycles. The number of aromatic nitrogens is 3. The van der Waals surface area contributed by atoms with E-state index in [1.807, 2.05) is 0 Å². The van der Waals surface area contributed by atoms with Crippen LogP contribution in [0, 0.1) is 0 Å². The Bertz CT molecular complexity index is 667. The number of rotatable bonds is 3. The maximum atomic E-state index is 11.2. The number of hydrogen-bond donors (Lipinski definition) is 1. The molecule has 0 atom stereocenters. The van der Waals surface area contributed by atoms with Gasteiger partial charge in [-0.05, 0) is 47.0 Å². The van der Waals surface area contributed by atoms with E-state index < -0.39 is 5.97 Å². The molecule has 3 rings (SSSR count). The van der Waals surface area contributed by atoms with Crippen molar-refractivity contribution in [2.45, 2.75) is 18.8 Å². The molecule has 0 unspecified atom stereocenters. The number of carboxylic acids is 1. The summed E-state index contributed by atoms with van der Waals surface area (Å²) in [6, 6.07) is 5.27. The van der Waals surface area contributed by atoms with Gasteiger partial charge in [-0.25, -0.2) is 9.48 Å². The number of carboxylic acid groups (broad SMARTS) is 1. The fourth-order valence-electron chi connectivity index (χ4n) is 2.00. The van der Waals surface area contributed by atoms with Crippen LogP contribution >= 0.6 is 27.5 Å². The zero-order chi connectivity index (χ0) is 13.6. The van der Waals surface area contributed by atoms with Gasteiger partial charge in [0.15, 0.2) is 5.69 Å². The van der Waals surface area contributed by atoms with Crippen LogP contribution in [0.1, 0.15) is 34.9 Å². The van der Waals surface area contributed by atoms with E-state index in [1.165, 1.54) is 0 Å². The van der Waals surface area contributed by atoms with Crippen molar-refractivity contribution in [1.29, 1.82) is 0 Å². The van der Waals surface area contributed by atoms with Crippen LogP contribution < -0.4 is 0 Å². The van der Waals surface area contributed by atoms with Gasteiger partial charge >= 0.3 is 5.97 Å². The fraction of sp³-hybridized carbons (Fsp3) is 0.250. The standard InChI is InChI=1S/C12H9BrClN3O2/c13-8-5-7(14)3-4-9(8)17-11(6-1-2-6)10(12(18)19)15-16-17/h3-6H,1-2H2,(H,18,19). The van der Waals surface area contributed by atoms with E-state index in [9.17, 15) is 4.79 Å². The molecule has 1 aromatic heterocycles. The normalized spacial score (nSPS) is 14.6. The first-order valence-corrected chi connectivity index (χ1v) is 6.89. The Morgan fingerprint density at radius 2 is 2.21 bits per heavy atom. The van der Waals surface area contributed by atoms with Gasteiger partial charge in [-0.1, -0.05) is 16.8 Å². The fourth-order valence-corrected chi connectivity index (χ4v) is 2.85. The van der Waals surface area contributed by atoms with E-state index in [2.05, 4.69) is 26.2 Å². The SMILES string of the molecule is O=C(O)c1nnn(-c2ccc(Cl)cc2Br)c1C1CC1. The summed E-state index contributed by atoms with van der Waals surface area (Å²) >= 11 is 9.32. The van der Waals surface area contributed by atoms with Gasteiger partial charge in [-0.2, -0.15) is 0 Å². The lowest BCUT2D eigenvalue weighted by Gasteiger charge is -2.08. The van der Waals surface area contributed by atoms with Gasteiger partial charge in [0, 0.05) is 15.4 Å². The predicted octanol–water partition coefficient (Wildman–Crippen LogP) is 3.26. The van der Waals surface area contributed by atoms with Crippen molar-refractivity contribution in [3.63, 3.8) is 0 Å². The summed E-state index contributed by atoms with van der Waals surface area (Å²) in [4.78, 5) is 11.2. The first-order chi connectivity index (χ1) is 9.08. The lowest BCUT2D eigenvalue weighted by molar-refractivity contribution is 0.0689. The van der Waals surface area contributed by atoms with Crippen LogP contribution in [0.5, 0.6) is 0 Å². The monoisotopic (exact) mass is 341 g/mol. The molecule has 7 heteroatoms. The van der Waals surface area contributed by atoms with Crippen LogP contribution in [0.3, 0.4) is 0 Å². The molecule has 0 bridgehead atoms. The Balaban J connectivity index is 2.17. The molecule has 1 aromatic carbocycles. The molecule has 1 aliphatic carbocycles. The molecule has 0 spiro atoms. The molecule has 0 radical (unpaired) electrons. The Morgan fingerprint density at radius 1 is 1.47 bits per heavy atom. The molecule has 19 heavy (non-hydrogen) atoms. The Labute approximate surface area is 122 Å². The van der Waals surface area contributed by atoms with E-state index in [1.54, 1.807) is 22.9 Å². The first kappa shape index (κ1) is 12.6. The molecular formula is C12H9BrClN3O2. The largest absolute Gasteiger partial charge is 0.476 e.